The summed E-state index contributed by atoms with van der Waals surface area (Å²) in [7, 11) is 1.46. The number of nitrogens with zero attached hydrogens (tertiary/aromatic N) is 1. The van der Waals surface area contributed by atoms with Gasteiger partial charge in [-0.2, -0.15) is 13.2 Å². The number of hydrogen-bond donors (Lipinski definition) is 1. The van der Waals surface area contributed by atoms with Crippen LogP contribution in [0.25, 0.3) is 0 Å². The molecule has 1 aliphatic rings. The van der Waals surface area contributed by atoms with Gasteiger partial charge in [0.1, 0.15) is 6.04 Å². The molecule has 1 atom stereocenters. The fourth-order valence-electron chi connectivity index (χ4n) is 2.32. The number of amides is 2. The molecule has 1 aliphatic heterocycles. The van der Waals surface area contributed by atoms with E-state index in [1.54, 1.807) is 0 Å². The molecule has 120 valence electrons. The van der Waals surface area contributed by atoms with Crippen molar-refractivity contribution in [1.82, 2.24) is 10.2 Å². The van der Waals surface area contributed by atoms with Gasteiger partial charge in [0.25, 0.3) is 0 Å². The number of benzene rings is 1. The number of rotatable bonds is 3. The van der Waals surface area contributed by atoms with Crippen molar-refractivity contribution in [3.05, 3.63) is 34.3 Å². The van der Waals surface area contributed by atoms with E-state index in [-0.39, 0.29) is 30.3 Å². The molecular weight excluding hydrogens is 321 g/mol. The van der Waals surface area contributed by atoms with E-state index in [0.717, 1.165) is 6.07 Å². The third-order valence-electron chi connectivity index (χ3n) is 3.46. The van der Waals surface area contributed by atoms with Gasteiger partial charge in [0, 0.05) is 20.0 Å². The van der Waals surface area contributed by atoms with Crippen LogP contribution in [0.2, 0.25) is 5.02 Å². The van der Waals surface area contributed by atoms with Crippen molar-refractivity contribution in [2.45, 2.75) is 31.6 Å². The lowest BCUT2D eigenvalue weighted by atomic mass is 10.1. The second-order valence-electron chi connectivity index (χ2n) is 5.13. The number of hydrogen-bond acceptors (Lipinski definition) is 2. The van der Waals surface area contributed by atoms with Crippen LogP contribution in [0.5, 0.6) is 0 Å². The predicted molar refractivity (Wildman–Crippen MR) is 74.1 cm³/mol. The highest BCUT2D eigenvalue weighted by atomic mass is 35.5. The molecule has 2 rings (SSSR count). The van der Waals surface area contributed by atoms with E-state index >= 15 is 0 Å². The van der Waals surface area contributed by atoms with Crippen LogP contribution >= 0.6 is 11.6 Å². The van der Waals surface area contributed by atoms with Crippen molar-refractivity contribution in [3.63, 3.8) is 0 Å². The van der Waals surface area contributed by atoms with Gasteiger partial charge in [0.05, 0.1) is 10.6 Å². The molecule has 0 aliphatic carbocycles. The smallest absolute Gasteiger partial charge is 0.344 e. The highest BCUT2D eigenvalue weighted by Crippen LogP contribution is 2.36. The van der Waals surface area contributed by atoms with Crippen molar-refractivity contribution >= 4 is 23.4 Å². The summed E-state index contributed by atoms with van der Waals surface area (Å²) in [6.07, 6.45) is -3.89. The first kappa shape index (κ1) is 16.6. The molecular formula is C14H14ClF3N2O2. The highest BCUT2D eigenvalue weighted by molar-refractivity contribution is 6.32. The molecule has 1 heterocycles. The van der Waals surface area contributed by atoms with Crippen molar-refractivity contribution < 1.29 is 22.8 Å². The molecule has 1 N–H and O–H groups in total. The zero-order valence-electron chi connectivity index (χ0n) is 11.7. The van der Waals surface area contributed by atoms with Gasteiger partial charge < -0.3 is 10.2 Å². The van der Waals surface area contributed by atoms with Crippen LogP contribution < -0.4 is 5.32 Å². The first-order chi connectivity index (χ1) is 10.2. The molecule has 8 heteroatoms. The number of nitrogens with one attached hydrogen (secondary N) is 1. The van der Waals surface area contributed by atoms with Crippen LogP contribution in [0.4, 0.5) is 13.2 Å². The van der Waals surface area contributed by atoms with Crippen LogP contribution in [-0.2, 0) is 22.3 Å². The number of halogens is 4. The Labute approximate surface area is 130 Å². The molecule has 0 bridgehead atoms. The number of alkyl halides is 3. The predicted octanol–water partition coefficient (Wildman–Crippen LogP) is 2.60. The molecule has 1 aromatic rings. The summed E-state index contributed by atoms with van der Waals surface area (Å²) < 4.78 is 38.4. The zero-order valence-corrected chi connectivity index (χ0v) is 12.5. The molecule has 4 nitrogen and oxygen atoms in total. The molecule has 1 saturated heterocycles. The van der Waals surface area contributed by atoms with Gasteiger partial charge in [-0.15, -0.1) is 0 Å². The van der Waals surface area contributed by atoms with Gasteiger partial charge >= 0.3 is 6.18 Å². The Balaban J connectivity index is 2.13. The molecule has 1 aromatic carbocycles. The monoisotopic (exact) mass is 334 g/mol. The lowest BCUT2D eigenvalue weighted by Gasteiger charge is -2.22. The fraction of sp³-hybridized carbons (Fsp3) is 0.429. The quantitative estimate of drug-likeness (QED) is 0.923. The SMILES string of the molecule is CN(Cc1cccc(C(F)(F)F)c1Cl)C(=O)[C@@H]1CCC(=O)N1. The Morgan fingerprint density at radius 2 is 2.14 bits per heavy atom. The summed E-state index contributed by atoms with van der Waals surface area (Å²) in [6.45, 7) is -0.0616. The van der Waals surface area contributed by atoms with Crippen LogP contribution in [0.15, 0.2) is 18.2 Å². The summed E-state index contributed by atoms with van der Waals surface area (Å²) in [4.78, 5) is 24.5. The number of carbonyl (C=O) groups is 2. The lowest BCUT2D eigenvalue weighted by Crippen LogP contribution is -2.42. The fourth-order valence-corrected chi connectivity index (χ4v) is 2.61. The highest BCUT2D eigenvalue weighted by Gasteiger charge is 2.34. The van der Waals surface area contributed by atoms with E-state index in [0.29, 0.717) is 6.42 Å². The van der Waals surface area contributed by atoms with Gasteiger partial charge in [-0.05, 0) is 18.1 Å². The van der Waals surface area contributed by atoms with Crippen molar-refractivity contribution in [2.75, 3.05) is 7.05 Å². The molecule has 1 fully saturated rings. The Kier molecular flexibility index (Phi) is 4.65. The van der Waals surface area contributed by atoms with Crippen molar-refractivity contribution in [3.8, 4) is 0 Å². The maximum absolute atomic E-state index is 12.8. The minimum atomic E-state index is -4.55. The maximum atomic E-state index is 12.8. The normalized spacial score (nSPS) is 18.2. The third kappa shape index (κ3) is 3.52. The van der Waals surface area contributed by atoms with E-state index in [9.17, 15) is 22.8 Å². The molecule has 22 heavy (non-hydrogen) atoms. The standard InChI is InChI=1S/C14H14ClF3N2O2/c1-20(13(22)10-5-6-11(21)19-10)7-8-3-2-4-9(12(8)15)14(16,17)18/h2-4,10H,5-7H2,1H3,(H,19,21)/t10-/m0/s1. The van der Waals surface area contributed by atoms with Crippen LogP contribution in [0.1, 0.15) is 24.0 Å². The van der Waals surface area contributed by atoms with E-state index in [1.165, 1.54) is 24.1 Å². The third-order valence-corrected chi connectivity index (χ3v) is 3.91. The van der Waals surface area contributed by atoms with E-state index in [1.807, 2.05) is 0 Å². The average Bonchev–Trinajstić information content (AvgIpc) is 2.85. The first-order valence-corrected chi connectivity index (χ1v) is 6.97. The Morgan fingerprint density at radius 3 is 2.68 bits per heavy atom. The molecule has 0 radical (unpaired) electrons. The Morgan fingerprint density at radius 1 is 1.45 bits per heavy atom. The van der Waals surface area contributed by atoms with Gasteiger partial charge in [-0.25, -0.2) is 0 Å². The second kappa shape index (κ2) is 6.16. The minimum absolute atomic E-state index is 0.0616. The topological polar surface area (TPSA) is 49.4 Å². The van der Waals surface area contributed by atoms with Crippen molar-refractivity contribution in [2.24, 2.45) is 0 Å². The zero-order chi connectivity index (χ0) is 16.5. The van der Waals surface area contributed by atoms with Crippen LogP contribution in [0, 0.1) is 0 Å². The van der Waals surface area contributed by atoms with Gasteiger partial charge in [0.15, 0.2) is 0 Å². The van der Waals surface area contributed by atoms with E-state index < -0.39 is 22.8 Å². The van der Waals surface area contributed by atoms with Gasteiger partial charge in [-0.3, -0.25) is 9.59 Å². The summed E-state index contributed by atoms with van der Waals surface area (Å²) >= 11 is 5.80. The van der Waals surface area contributed by atoms with Crippen LogP contribution in [-0.4, -0.2) is 29.8 Å². The first-order valence-electron chi connectivity index (χ1n) is 6.59. The summed E-state index contributed by atoms with van der Waals surface area (Å²) in [6, 6.07) is 2.96. The molecule has 0 saturated carbocycles. The Hall–Kier alpha value is -1.76. The summed E-state index contributed by atoms with van der Waals surface area (Å²) in [5.74, 6) is -0.553. The van der Waals surface area contributed by atoms with Gasteiger partial charge in [-0.1, -0.05) is 23.7 Å². The molecule has 2 amide bonds. The molecule has 0 aromatic heterocycles. The summed E-state index contributed by atoms with van der Waals surface area (Å²) in [5.41, 5.74) is -0.724. The van der Waals surface area contributed by atoms with E-state index in [2.05, 4.69) is 5.32 Å². The maximum Gasteiger partial charge on any atom is 0.417 e. The molecule has 0 unspecified atom stereocenters. The van der Waals surface area contributed by atoms with Crippen LogP contribution in [0.3, 0.4) is 0 Å². The minimum Gasteiger partial charge on any atom is -0.344 e. The number of carbonyl (C=O) groups excluding carboxylic acids is 2. The summed E-state index contributed by atoms with van der Waals surface area (Å²) in [5, 5.41) is 2.12. The van der Waals surface area contributed by atoms with E-state index in [4.69, 9.17) is 11.6 Å². The molecule has 0 spiro atoms. The van der Waals surface area contributed by atoms with Gasteiger partial charge in [0.2, 0.25) is 11.8 Å². The lowest BCUT2D eigenvalue weighted by molar-refractivity contribution is -0.137. The Bertz CT molecular complexity index is 604. The van der Waals surface area contributed by atoms with Crippen molar-refractivity contribution in [1.29, 1.82) is 0 Å². The largest absolute Gasteiger partial charge is 0.417 e. The average molecular weight is 335 g/mol. The second-order valence-corrected chi connectivity index (χ2v) is 5.51. The number of likely N-dealkylation sites (N-methyl/N-ethyl adjacent to an activating group) is 1.